The summed E-state index contributed by atoms with van der Waals surface area (Å²) >= 11 is 0. The van der Waals surface area contributed by atoms with Crippen molar-refractivity contribution in [1.82, 2.24) is 14.8 Å². The Hall–Kier alpha value is -2.17. The van der Waals surface area contributed by atoms with E-state index < -0.39 is 5.97 Å². The molecule has 0 amide bonds. The van der Waals surface area contributed by atoms with Crippen LogP contribution in [0, 0.1) is 20.8 Å². The first-order valence-electron chi connectivity index (χ1n) is 6.59. The van der Waals surface area contributed by atoms with Crippen molar-refractivity contribution >= 4 is 5.97 Å². The third-order valence-corrected chi connectivity index (χ3v) is 3.54. The maximum Gasteiger partial charge on any atom is 0.335 e. The molecule has 0 aliphatic carbocycles. The highest BCUT2D eigenvalue weighted by Gasteiger charge is 2.15. The van der Waals surface area contributed by atoms with E-state index in [2.05, 4.69) is 10.1 Å². The molecular weight excluding hydrogens is 254 g/mol. The van der Waals surface area contributed by atoms with E-state index in [0.717, 1.165) is 22.6 Å². The summed E-state index contributed by atoms with van der Waals surface area (Å²) in [5, 5.41) is 13.7. The van der Waals surface area contributed by atoms with Crippen molar-refractivity contribution in [2.75, 3.05) is 0 Å². The molecule has 5 nitrogen and oxygen atoms in total. The number of carbonyl (C=O) groups is 1. The maximum absolute atomic E-state index is 11.3. The number of hydrogen-bond acceptors (Lipinski definition) is 3. The summed E-state index contributed by atoms with van der Waals surface area (Å²) in [4.78, 5) is 15.8. The van der Waals surface area contributed by atoms with Gasteiger partial charge >= 0.3 is 5.97 Å². The lowest BCUT2D eigenvalue weighted by Crippen LogP contribution is -2.09. The fraction of sp³-hybridized carbons (Fsp3) is 0.400. The lowest BCUT2D eigenvalue weighted by molar-refractivity contribution is 0.0696. The second-order valence-electron chi connectivity index (χ2n) is 5.31. The minimum atomic E-state index is -0.950. The molecule has 0 saturated heterocycles. The van der Waals surface area contributed by atoms with Crippen LogP contribution in [0.3, 0.4) is 0 Å². The molecule has 0 fully saturated rings. The first kappa shape index (κ1) is 14.2. The van der Waals surface area contributed by atoms with Crippen LogP contribution in [-0.2, 0) is 0 Å². The number of pyridine rings is 1. The van der Waals surface area contributed by atoms with Gasteiger partial charge in [-0.25, -0.2) is 14.5 Å². The fourth-order valence-electron chi connectivity index (χ4n) is 2.01. The highest BCUT2D eigenvalue weighted by atomic mass is 16.4. The van der Waals surface area contributed by atoms with Gasteiger partial charge in [-0.05, 0) is 44.4 Å². The minimum absolute atomic E-state index is 0.158. The number of aryl methyl sites for hydroxylation is 1. The average Bonchev–Trinajstić information content (AvgIpc) is 2.66. The number of hydrogen-bond donors (Lipinski definition) is 1. The van der Waals surface area contributed by atoms with Gasteiger partial charge in [-0.2, -0.15) is 5.10 Å². The first-order chi connectivity index (χ1) is 9.31. The van der Waals surface area contributed by atoms with Crippen molar-refractivity contribution in [3.8, 4) is 5.82 Å². The highest BCUT2D eigenvalue weighted by molar-refractivity contribution is 5.88. The molecule has 106 valence electrons. The molecule has 2 rings (SSSR count). The average molecular weight is 273 g/mol. The van der Waals surface area contributed by atoms with Gasteiger partial charge in [0.05, 0.1) is 11.3 Å². The predicted octanol–water partition coefficient (Wildman–Crippen LogP) is 3.01. The monoisotopic (exact) mass is 273 g/mol. The van der Waals surface area contributed by atoms with Gasteiger partial charge in [0.25, 0.3) is 0 Å². The molecule has 5 heteroatoms. The van der Waals surface area contributed by atoms with Crippen LogP contribution in [-0.4, -0.2) is 25.8 Å². The molecule has 2 aromatic heterocycles. The molecule has 0 aliphatic rings. The zero-order valence-electron chi connectivity index (χ0n) is 12.4. The van der Waals surface area contributed by atoms with E-state index >= 15 is 0 Å². The molecule has 20 heavy (non-hydrogen) atoms. The molecule has 1 N–H and O–H groups in total. The predicted molar refractivity (Wildman–Crippen MR) is 76.6 cm³/mol. The quantitative estimate of drug-likeness (QED) is 0.933. The summed E-state index contributed by atoms with van der Waals surface area (Å²) in [6.45, 7) is 9.87. The summed E-state index contributed by atoms with van der Waals surface area (Å²) < 4.78 is 1.71. The van der Waals surface area contributed by atoms with Crippen molar-refractivity contribution < 1.29 is 9.90 Å². The van der Waals surface area contributed by atoms with Crippen LogP contribution >= 0.6 is 0 Å². The largest absolute Gasteiger partial charge is 0.478 e. The van der Waals surface area contributed by atoms with Gasteiger partial charge in [0.1, 0.15) is 0 Å². The number of rotatable bonds is 3. The van der Waals surface area contributed by atoms with Crippen molar-refractivity contribution in [2.45, 2.75) is 40.5 Å². The molecule has 2 aromatic rings. The molecule has 2 heterocycles. The molecular formula is C15H19N3O2. The van der Waals surface area contributed by atoms with Gasteiger partial charge in [0, 0.05) is 11.4 Å². The van der Waals surface area contributed by atoms with Crippen molar-refractivity contribution in [3.05, 3.63) is 40.3 Å². The van der Waals surface area contributed by atoms with Crippen molar-refractivity contribution in [3.63, 3.8) is 0 Å². The molecule has 0 saturated carbocycles. The summed E-state index contributed by atoms with van der Waals surface area (Å²) in [5.41, 5.74) is 4.00. The maximum atomic E-state index is 11.3. The van der Waals surface area contributed by atoms with Gasteiger partial charge < -0.3 is 5.11 Å². The normalized spacial score (nSPS) is 11.1. The SMILES string of the molecule is Cc1nn(-c2cc(C(=O)O)cc(C(C)C)n2)c(C)c1C. The Balaban J connectivity index is 2.66. The van der Waals surface area contributed by atoms with E-state index in [1.54, 1.807) is 16.8 Å². The molecule has 0 spiro atoms. The summed E-state index contributed by atoms with van der Waals surface area (Å²) in [6, 6.07) is 3.18. The Morgan fingerprint density at radius 3 is 2.35 bits per heavy atom. The summed E-state index contributed by atoms with van der Waals surface area (Å²) in [5.74, 6) is -0.234. The van der Waals surface area contributed by atoms with Crippen LogP contribution in [0.25, 0.3) is 5.82 Å². The number of nitrogens with zero attached hydrogens (tertiary/aromatic N) is 3. The molecule has 0 unspecified atom stereocenters. The zero-order valence-corrected chi connectivity index (χ0v) is 12.4. The van der Waals surface area contributed by atoms with E-state index in [4.69, 9.17) is 0 Å². The molecule has 0 radical (unpaired) electrons. The van der Waals surface area contributed by atoms with Crippen LogP contribution < -0.4 is 0 Å². The van der Waals surface area contributed by atoms with E-state index in [9.17, 15) is 9.90 Å². The zero-order chi connectivity index (χ0) is 15.0. The van der Waals surface area contributed by atoms with Gasteiger partial charge in [-0.3, -0.25) is 0 Å². The number of aromatic nitrogens is 3. The van der Waals surface area contributed by atoms with Crippen molar-refractivity contribution in [1.29, 1.82) is 0 Å². The standard InChI is InChI=1S/C15H19N3O2/c1-8(2)13-6-12(15(19)20)7-14(16-13)18-11(5)9(3)10(4)17-18/h6-8H,1-5H3,(H,19,20). The Kier molecular flexibility index (Phi) is 3.61. The highest BCUT2D eigenvalue weighted by Crippen LogP contribution is 2.20. The van der Waals surface area contributed by atoms with Crippen LogP contribution in [0.2, 0.25) is 0 Å². The lowest BCUT2D eigenvalue weighted by Gasteiger charge is -2.10. The number of carboxylic acid groups (broad SMARTS) is 1. The second kappa shape index (κ2) is 5.07. The first-order valence-corrected chi connectivity index (χ1v) is 6.59. The van der Waals surface area contributed by atoms with Gasteiger partial charge in [0.15, 0.2) is 5.82 Å². The molecule has 0 atom stereocenters. The smallest absolute Gasteiger partial charge is 0.335 e. The van der Waals surface area contributed by atoms with E-state index in [0.29, 0.717) is 5.82 Å². The Morgan fingerprint density at radius 1 is 1.25 bits per heavy atom. The lowest BCUT2D eigenvalue weighted by atomic mass is 10.1. The molecule has 0 aliphatic heterocycles. The van der Waals surface area contributed by atoms with Gasteiger partial charge in [0.2, 0.25) is 0 Å². The van der Waals surface area contributed by atoms with Crippen molar-refractivity contribution in [2.24, 2.45) is 0 Å². The molecule has 0 aromatic carbocycles. The third-order valence-electron chi connectivity index (χ3n) is 3.54. The van der Waals surface area contributed by atoms with Crippen LogP contribution in [0.5, 0.6) is 0 Å². The van der Waals surface area contributed by atoms with Crippen LogP contribution in [0.15, 0.2) is 12.1 Å². The third kappa shape index (κ3) is 2.43. The Morgan fingerprint density at radius 2 is 1.90 bits per heavy atom. The van der Waals surface area contributed by atoms with E-state index in [1.807, 2.05) is 34.6 Å². The topological polar surface area (TPSA) is 68.0 Å². The summed E-state index contributed by atoms with van der Waals surface area (Å²) in [7, 11) is 0. The molecule has 0 bridgehead atoms. The van der Waals surface area contributed by atoms with Crippen LogP contribution in [0.4, 0.5) is 0 Å². The fourth-order valence-corrected chi connectivity index (χ4v) is 2.01. The number of carboxylic acids is 1. The second-order valence-corrected chi connectivity index (χ2v) is 5.31. The minimum Gasteiger partial charge on any atom is -0.478 e. The Bertz CT molecular complexity index is 672. The van der Waals surface area contributed by atoms with Crippen LogP contribution in [0.1, 0.15) is 52.8 Å². The Labute approximate surface area is 118 Å². The van der Waals surface area contributed by atoms with E-state index in [1.165, 1.54) is 0 Å². The summed E-state index contributed by atoms with van der Waals surface area (Å²) in [6.07, 6.45) is 0. The number of aromatic carboxylic acids is 1. The van der Waals surface area contributed by atoms with Gasteiger partial charge in [-0.1, -0.05) is 13.8 Å². The van der Waals surface area contributed by atoms with Gasteiger partial charge in [-0.15, -0.1) is 0 Å². The van der Waals surface area contributed by atoms with E-state index in [-0.39, 0.29) is 11.5 Å².